The smallest absolute Gasteiger partial charge is 0.309 e. The molecule has 1 N–H and O–H groups in total. The predicted molar refractivity (Wildman–Crippen MR) is 95.2 cm³/mol. The fraction of sp³-hybridized carbons (Fsp3) is 0.471. The third-order valence-corrected chi connectivity index (χ3v) is 5.43. The molecule has 1 saturated heterocycles. The van der Waals surface area contributed by atoms with Gasteiger partial charge in [-0.2, -0.15) is 0 Å². The summed E-state index contributed by atoms with van der Waals surface area (Å²) in [7, 11) is -3.25. The van der Waals surface area contributed by atoms with Crippen LogP contribution in [-0.4, -0.2) is 56.3 Å². The summed E-state index contributed by atoms with van der Waals surface area (Å²) in [6, 6.07) is 6.28. The van der Waals surface area contributed by atoms with E-state index in [1.807, 2.05) is 0 Å². The van der Waals surface area contributed by atoms with Gasteiger partial charge in [-0.05, 0) is 37.1 Å². The van der Waals surface area contributed by atoms with Crippen LogP contribution in [0.2, 0.25) is 0 Å². The zero-order valence-electron chi connectivity index (χ0n) is 14.7. The zero-order chi connectivity index (χ0) is 19.3. The Bertz CT molecular complexity index is 780. The van der Waals surface area contributed by atoms with E-state index >= 15 is 0 Å². The van der Waals surface area contributed by atoms with Gasteiger partial charge in [0, 0.05) is 31.3 Å². The number of ketones is 1. The molecular weight excluding hydrogens is 360 g/mol. The first-order valence-corrected chi connectivity index (χ1v) is 10.0. The van der Waals surface area contributed by atoms with Crippen molar-refractivity contribution in [2.24, 2.45) is 5.92 Å². The molecule has 1 amide bonds. The minimum absolute atomic E-state index is 0.208. The fourth-order valence-corrected chi connectivity index (χ4v) is 3.58. The number of hydrogen-bond acceptors (Lipinski definition) is 6. The normalized spacial score (nSPS) is 16.1. The zero-order valence-corrected chi connectivity index (χ0v) is 15.5. The summed E-state index contributed by atoms with van der Waals surface area (Å²) < 4.78 is 29.3. The van der Waals surface area contributed by atoms with Gasteiger partial charge in [0.15, 0.2) is 12.4 Å². The molecule has 1 aromatic rings. The molecule has 9 heteroatoms. The third-order valence-electron chi connectivity index (χ3n) is 4.13. The number of carbonyl (C=O) groups excluding carboxylic acids is 3. The van der Waals surface area contributed by atoms with Crippen molar-refractivity contribution in [2.45, 2.75) is 19.8 Å². The van der Waals surface area contributed by atoms with E-state index in [1.165, 1.54) is 11.2 Å². The van der Waals surface area contributed by atoms with E-state index in [0.717, 1.165) is 6.26 Å². The summed E-state index contributed by atoms with van der Waals surface area (Å²) in [6.45, 7) is 1.57. The quantitative estimate of drug-likeness (QED) is 0.581. The van der Waals surface area contributed by atoms with Crippen molar-refractivity contribution in [1.29, 1.82) is 0 Å². The fourth-order valence-electron chi connectivity index (χ4n) is 2.70. The molecule has 0 saturated carbocycles. The van der Waals surface area contributed by atoms with Crippen LogP contribution in [0.5, 0.6) is 0 Å². The number of amides is 1. The van der Waals surface area contributed by atoms with Gasteiger partial charge in [0.2, 0.25) is 15.9 Å². The standard InChI is InChI=1S/C17H22N2O6S/c1-12(20)18-15-5-3-13(4-6-15)16(21)11-25-17(22)14-7-9-19(10-8-14)26(2,23)24/h3-6,14H,7-11H2,1-2H3,(H,18,20). The Hall–Kier alpha value is -2.26. The number of nitrogens with zero attached hydrogens (tertiary/aromatic N) is 1. The van der Waals surface area contributed by atoms with Crippen molar-refractivity contribution in [3.8, 4) is 0 Å². The monoisotopic (exact) mass is 382 g/mol. The summed E-state index contributed by atoms with van der Waals surface area (Å²) in [5.41, 5.74) is 0.947. The lowest BCUT2D eigenvalue weighted by Gasteiger charge is -2.28. The maximum atomic E-state index is 12.1. The number of esters is 1. The Kier molecular flexibility index (Phi) is 6.49. The predicted octanol–water partition coefficient (Wildman–Crippen LogP) is 1.04. The van der Waals surface area contributed by atoms with E-state index < -0.39 is 21.9 Å². The molecule has 0 radical (unpaired) electrons. The molecule has 1 heterocycles. The van der Waals surface area contributed by atoms with E-state index in [-0.39, 0.29) is 31.4 Å². The molecule has 1 aliphatic rings. The molecule has 1 fully saturated rings. The lowest BCUT2D eigenvalue weighted by molar-refractivity contribution is -0.148. The molecule has 8 nitrogen and oxygen atoms in total. The van der Waals surface area contributed by atoms with Gasteiger partial charge in [0.05, 0.1) is 12.2 Å². The summed E-state index contributed by atoms with van der Waals surface area (Å²) in [6.07, 6.45) is 1.90. The van der Waals surface area contributed by atoms with Gasteiger partial charge >= 0.3 is 5.97 Å². The van der Waals surface area contributed by atoms with Crippen molar-refractivity contribution in [3.05, 3.63) is 29.8 Å². The number of carbonyl (C=O) groups is 3. The third kappa shape index (κ3) is 5.63. The Morgan fingerprint density at radius 3 is 2.23 bits per heavy atom. The SMILES string of the molecule is CC(=O)Nc1ccc(C(=O)COC(=O)C2CCN(S(C)(=O)=O)CC2)cc1. The van der Waals surface area contributed by atoms with Gasteiger partial charge in [0.25, 0.3) is 0 Å². The highest BCUT2D eigenvalue weighted by atomic mass is 32.2. The lowest BCUT2D eigenvalue weighted by atomic mass is 9.98. The molecule has 0 aliphatic carbocycles. The first-order valence-electron chi connectivity index (χ1n) is 8.19. The number of anilines is 1. The maximum Gasteiger partial charge on any atom is 0.309 e. The van der Waals surface area contributed by atoms with Crippen LogP contribution in [0.1, 0.15) is 30.1 Å². The van der Waals surface area contributed by atoms with Crippen LogP contribution in [0.15, 0.2) is 24.3 Å². The van der Waals surface area contributed by atoms with Crippen molar-refractivity contribution in [1.82, 2.24) is 4.31 Å². The maximum absolute atomic E-state index is 12.1. The van der Waals surface area contributed by atoms with Crippen LogP contribution >= 0.6 is 0 Å². The highest BCUT2D eigenvalue weighted by Gasteiger charge is 2.30. The molecule has 0 unspecified atom stereocenters. The Labute approximate surface area is 152 Å². The second-order valence-electron chi connectivity index (χ2n) is 6.23. The van der Waals surface area contributed by atoms with Crippen LogP contribution in [-0.2, 0) is 24.3 Å². The van der Waals surface area contributed by atoms with E-state index in [4.69, 9.17) is 4.74 Å². The van der Waals surface area contributed by atoms with Crippen molar-refractivity contribution >= 4 is 33.4 Å². The van der Waals surface area contributed by atoms with Gasteiger partial charge in [-0.25, -0.2) is 12.7 Å². The summed E-state index contributed by atoms with van der Waals surface area (Å²) >= 11 is 0. The van der Waals surface area contributed by atoms with Crippen molar-refractivity contribution in [2.75, 3.05) is 31.3 Å². The van der Waals surface area contributed by atoms with Gasteiger partial charge in [-0.3, -0.25) is 14.4 Å². The first kappa shape index (κ1) is 20.1. The molecule has 0 spiro atoms. The van der Waals surface area contributed by atoms with Crippen LogP contribution in [0.3, 0.4) is 0 Å². The number of nitrogens with one attached hydrogen (secondary N) is 1. The van der Waals surface area contributed by atoms with Crippen molar-refractivity contribution in [3.63, 3.8) is 0 Å². The Morgan fingerprint density at radius 2 is 1.73 bits per heavy atom. The van der Waals surface area contributed by atoms with E-state index in [0.29, 0.717) is 24.1 Å². The average Bonchev–Trinajstić information content (AvgIpc) is 2.59. The summed E-state index contributed by atoms with van der Waals surface area (Å²) in [4.78, 5) is 35.1. The molecule has 142 valence electrons. The average molecular weight is 382 g/mol. The van der Waals surface area contributed by atoms with Gasteiger partial charge in [0.1, 0.15) is 0 Å². The van der Waals surface area contributed by atoms with Gasteiger partial charge in [-0.1, -0.05) is 0 Å². The highest BCUT2D eigenvalue weighted by Crippen LogP contribution is 2.20. The minimum Gasteiger partial charge on any atom is -0.457 e. The molecule has 2 rings (SSSR count). The number of Topliss-reactive ketones (excluding diaryl/α,β-unsaturated/α-hetero) is 1. The molecule has 0 aromatic heterocycles. The number of sulfonamides is 1. The number of hydrogen-bond donors (Lipinski definition) is 1. The topological polar surface area (TPSA) is 110 Å². The number of ether oxygens (including phenoxy) is 1. The lowest BCUT2D eigenvalue weighted by Crippen LogP contribution is -2.40. The number of benzene rings is 1. The van der Waals surface area contributed by atoms with Crippen LogP contribution < -0.4 is 5.32 Å². The number of rotatable bonds is 6. The molecular formula is C17H22N2O6S. The van der Waals surface area contributed by atoms with Gasteiger partial charge in [-0.15, -0.1) is 0 Å². The second-order valence-corrected chi connectivity index (χ2v) is 8.21. The molecule has 0 bridgehead atoms. The molecule has 26 heavy (non-hydrogen) atoms. The van der Waals surface area contributed by atoms with Crippen molar-refractivity contribution < 1.29 is 27.5 Å². The Morgan fingerprint density at radius 1 is 1.15 bits per heavy atom. The first-order chi connectivity index (χ1) is 12.2. The molecule has 1 aromatic carbocycles. The van der Waals surface area contributed by atoms with Crippen LogP contribution in [0.4, 0.5) is 5.69 Å². The molecule has 0 atom stereocenters. The Balaban J connectivity index is 1.82. The minimum atomic E-state index is -3.25. The van der Waals surface area contributed by atoms with Crippen LogP contribution in [0, 0.1) is 5.92 Å². The highest BCUT2D eigenvalue weighted by molar-refractivity contribution is 7.88. The van der Waals surface area contributed by atoms with Gasteiger partial charge < -0.3 is 10.1 Å². The van der Waals surface area contributed by atoms with E-state index in [9.17, 15) is 22.8 Å². The van der Waals surface area contributed by atoms with E-state index in [1.54, 1.807) is 24.3 Å². The second kappa shape index (κ2) is 8.41. The molecule has 1 aliphatic heterocycles. The summed E-state index contributed by atoms with van der Waals surface area (Å²) in [5.74, 6) is -1.44. The van der Waals surface area contributed by atoms with E-state index in [2.05, 4.69) is 5.32 Å². The van der Waals surface area contributed by atoms with Crippen LogP contribution in [0.25, 0.3) is 0 Å². The summed E-state index contributed by atoms with van der Waals surface area (Å²) in [5, 5.41) is 2.60. The largest absolute Gasteiger partial charge is 0.457 e. The number of piperidine rings is 1.